The van der Waals surface area contributed by atoms with E-state index in [4.69, 9.17) is 11.6 Å². The molecular formula is C19H19ClN4O2. The number of aromatic nitrogens is 3. The number of carbonyl (C=O) groups excluding carboxylic acids is 1. The van der Waals surface area contributed by atoms with E-state index in [2.05, 4.69) is 20.3 Å². The molecular weight excluding hydrogens is 352 g/mol. The molecule has 6 nitrogen and oxygen atoms in total. The summed E-state index contributed by atoms with van der Waals surface area (Å²) in [6.45, 7) is 0. The number of carbonyl (C=O) groups is 1. The highest BCUT2D eigenvalue weighted by atomic mass is 35.5. The van der Waals surface area contributed by atoms with Gasteiger partial charge < -0.3 is 10.3 Å². The first-order valence-corrected chi connectivity index (χ1v) is 9.23. The topological polar surface area (TPSA) is 87.7 Å². The fourth-order valence-electron chi connectivity index (χ4n) is 3.41. The maximum absolute atomic E-state index is 12.5. The van der Waals surface area contributed by atoms with Crippen LogP contribution in [0.3, 0.4) is 0 Å². The molecule has 0 unspecified atom stereocenters. The van der Waals surface area contributed by atoms with Crippen LogP contribution in [0.15, 0.2) is 34.2 Å². The molecule has 2 aromatic heterocycles. The zero-order chi connectivity index (χ0) is 18.1. The van der Waals surface area contributed by atoms with E-state index in [0.29, 0.717) is 40.8 Å². The minimum absolute atomic E-state index is 0.187. The van der Waals surface area contributed by atoms with Gasteiger partial charge in [-0.1, -0.05) is 23.8 Å². The van der Waals surface area contributed by atoms with Crippen molar-refractivity contribution in [3.8, 4) is 0 Å². The smallest absolute Gasteiger partial charge is 0.257 e. The van der Waals surface area contributed by atoms with Gasteiger partial charge in [-0.2, -0.15) is 4.98 Å². The normalized spacial score (nSPS) is 18.6. The van der Waals surface area contributed by atoms with Gasteiger partial charge in [-0.25, -0.2) is 4.98 Å². The Morgan fingerprint density at radius 2 is 1.92 bits per heavy atom. The minimum atomic E-state index is -0.217. The lowest BCUT2D eigenvalue weighted by Crippen LogP contribution is -2.27. The molecule has 2 aliphatic carbocycles. The molecule has 0 amide bonds. The molecule has 26 heavy (non-hydrogen) atoms. The van der Waals surface area contributed by atoms with Crippen molar-refractivity contribution >= 4 is 39.9 Å². The highest BCUT2D eigenvalue weighted by Gasteiger charge is 2.19. The number of halogens is 1. The maximum Gasteiger partial charge on any atom is 0.257 e. The number of anilines is 1. The van der Waals surface area contributed by atoms with Crippen LogP contribution in [0.5, 0.6) is 0 Å². The first kappa shape index (κ1) is 17.0. The van der Waals surface area contributed by atoms with Crippen LogP contribution < -0.4 is 10.9 Å². The van der Waals surface area contributed by atoms with Crippen molar-refractivity contribution < 1.29 is 4.79 Å². The summed E-state index contributed by atoms with van der Waals surface area (Å²) in [6, 6.07) is 1.97. The Kier molecular flexibility index (Phi) is 4.59. The van der Waals surface area contributed by atoms with Crippen molar-refractivity contribution in [1.29, 1.82) is 0 Å². The number of allylic oxidation sites excluding steroid dienone is 4. The molecule has 2 aliphatic rings. The first-order valence-electron chi connectivity index (χ1n) is 8.85. The molecule has 4 rings (SSSR count). The number of H-pyrrole nitrogens is 1. The Hall–Kier alpha value is -2.47. The second-order valence-corrected chi connectivity index (χ2v) is 7.12. The summed E-state index contributed by atoms with van der Waals surface area (Å²) >= 11 is 6.26. The van der Waals surface area contributed by atoms with Gasteiger partial charge in [-0.05, 0) is 31.7 Å². The Labute approximate surface area is 155 Å². The second kappa shape index (κ2) is 7.03. The number of nitrogens with one attached hydrogen (secondary N) is 2. The SMILES string of the molecule is O=C1CCC(Nc2ncc3cc(C4=CCCC=C4Cl)c(=O)[nH]c3n2)CC1. The molecule has 2 heterocycles. The molecule has 2 N–H and O–H groups in total. The molecule has 0 saturated heterocycles. The third-order valence-corrected chi connectivity index (χ3v) is 5.21. The quantitative estimate of drug-likeness (QED) is 0.862. The Balaban J connectivity index is 1.62. The van der Waals surface area contributed by atoms with Gasteiger partial charge in [0, 0.05) is 46.6 Å². The highest BCUT2D eigenvalue weighted by Crippen LogP contribution is 2.30. The summed E-state index contributed by atoms with van der Waals surface area (Å²) in [7, 11) is 0. The number of pyridine rings is 1. The number of aromatic amines is 1. The number of ketones is 1. The van der Waals surface area contributed by atoms with Crippen molar-refractivity contribution in [2.45, 2.75) is 44.6 Å². The molecule has 1 fully saturated rings. The number of Topliss-reactive ketones (excluding diaryl/α,β-unsaturated/α-hetero) is 1. The summed E-state index contributed by atoms with van der Waals surface area (Å²) in [6.07, 6.45) is 10.1. The molecule has 2 aromatic rings. The third kappa shape index (κ3) is 3.42. The third-order valence-electron chi connectivity index (χ3n) is 4.86. The number of nitrogens with zero attached hydrogens (tertiary/aromatic N) is 2. The molecule has 1 saturated carbocycles. The number of hydrogen-bond acceptors (Lipinski definition) is 5. The largest absolute Gasteiger partial charge is 0.351 e. The van der Waals surface area contributed by atoms with Crippen molar-refractivity contribution in [2.75, 3.05) is 5.32 Å². The monoisotopic (exact) mass is 370 g/mol. The van der Waals surface area contributed by atoms with Gasteiger partial charge in [0.15, 0.2) is 0 Å². The van der Waals surface area contributed by atoms with Gasteiger partial charge in [-0.15, -0.1) is 0 Å². The second-order valence-electron chi connectivity index (χ2n) is 6.71. The molecule has 0 radical (unpaired) electrons. The lowest BCUT2D eigenvalue weighted by Gasteiger charge is -2.22. The molecule has 0 aromatic carbocycles. The van der Waals surface area contributed by atoms with E-state index in [1.54, 1.807) is 12.3 Å². The summed E-state index contributed by atoms with van der Waals surface area (Å²) < 4.78 is 0. The van der Waals surface area contributed by atoms with Crippen LogP contribution in [0, 0.1) is 0 Å². The summed E-state index contributed by atoms with van der Waals surface area (Å²) in [5, 5.41) is 4.61. The first-order chi connectivity index (χ1) is 12.6. The van der Waals surface area contributed by atoms with Crippen LogP contribution in [-0.2, 0) is 4.79 Å². The van der Waals surface area contributed by atoms with Crippen molar-refractivity contribution in [1.82, 2.24) is 15.0 Å². The average Bonchev–Trinajstić information content (AvgIpc) is 2.64. The van der Waals surface area contributed by atoms with Crippen molar-refractivity contribution in [3.05, 3.63) is 45.4 Å². The molecule has 0 spiro atoms. The van der Waals surface area contributed by atoms with E-state index in [-0.39, 0.29) is 11.6 Å². The van der Waals surface area contributed by atoms with Gasteiger partial charge in [-0.3, -0.25) is 9.59 Å². The number of hydrogen-bond donors (Lipinski definition) is 2. The molecule has 134 valence electrons. The minimum Gasteiger partial charge on any atom is -0.351 e. The fraction of sp³-hybridized carbons (Fsp3) is 0.368. The molecule has 0 bridgehead atoms. The summed E-state index contributed by atoms with van der Waals surface area (Å²) in [5.41, 5.74) is 1.56. The number of rotatable bonds is 3. The Bertz CT molecular complexity index is 983. The molecule has 7 heteroatoms. The van der Waals surface area contributed by atoms with E-state index < -0.39 is 0 Å². The van der Waals surface area contributed by atoms with E-state index in [1.165, 1.54) is 0 Å². The zero-order valence-electron chi connectivity index (χ0n) is 14.2. The number of fused-ring (bicyclic) bond motifs is 1. The van der Waals surface area contributed by atoms with Crippen LogP contribution in [0.4, 0.5) is 5.95 Å². The van der Waals surface area contributed by atoms with Crippen LogP contribution in [0.1, 0.15) is 44.1 Å². The van der Waals surface area contributed by atoms with Gasteiger partial charge in [0.25, 0.3) is 5.56 Å². The van der Waals surface area contributed by atoms with Gasteiger partial charge in [0.2, 0.25) is 5.95 Å². The lowest BCUT2D eigenvalue weighted by molar-refractivity contribution is -0.120. The van der Waals surface area contributed by atoms with Gasteiger partial charge in [0.1, 0.15) is 11.4 Å². The van der Waals surface area contributed by atoms with Crippen LogP contribution in [-0.4, -0.2) is 26.8 Å². The van der Waals surface area contributed by atoms with E-state index in [9.17, 15) is 9.59 Å². The lowest BCUT2D eigenvalue weighted by atomic mass is 9.94. The standard InChI is InChI=1S/C19H19ClN4O2/c20-16-4-2-1-3-14(16)15-9-11-10-21-19(24-17(11)23-18(15)26)22-12-5-7-13(25)8-6-12/h3-4,9-10,12H,1-2,5-8H2,(H2,21,22,23,24,26). The van der Waals surface area contributed by atoms with E-state index >= 15 is 0 Å². The van der Waals surface area contributed by atoms with E-state index in [0.717, 1.165) is 36.6 Å². The summed E-state index contributed by atoms with van der Waals surface area (Å²) in [5.74, 6) is 0.777. The zero-order valence-corrected chi connectivity index (χ0v) is 15.0. The fourth-order valence-corrected chi connectivity index (χ4v) is 3.70. The van der Waals surface area contributed by atoms with Gasteiger partial charge >= 0.3 is 0 Å². The molecule has 0 aliphatic heterocycles. The Morgan fingerprint density at radius 3 is 2.69 bits per heavy atom. The predicted octanol–water partition coefficient (Wildman–Crippen LogP) is 3.54. The average molecular weight is 371 g/mol. The van der Waals surface area contributed by atoms with Crippen molar-refractivity contribution in [3.63, 3.8) is 0 Å². The van der Waals surface area contributed by atoms with Crippen molar-refractivity contribution in [2.24, 2.45) is 0 Å². The highest BCUT2D eigenvalue weighted by molar-refractivity contribution is 6.37. The Morgan fingerprint density at radius 1 is 1.15 bits per heavy atom. The van der Waals surface area contributed by atoms with Crippen LogP contribution >= 0.6 is 11.6 Å². The molecule has 0 atom stereocenters. The van der Waals surface area contributed by atoms with Crippen LogP contribution in [0.25, 0.3) is 16.6 Å². The van der Waals surface area contributed by atoms with Crippen LogP contribution in [0.2, 0.25) is 0 Å². The summed E-state index contributed by atoms with van der Waals surface area (Å²) in [4.78, 5) is 35.5. The maximum atomic E-state index is 12.5. The predicted molar refractivity (Wildman–Crippen MR) is 102 cm³/mol. The van der Waals surface area contributed by atoms with E-state index in [1.807, 2.05) is 12.2 Å². The van der Waals surface area contributed by atoms with Gasteiger partial charge in [0.05, 0.1) is 0 Å².